The van der Waals surface area contributed by atoms with E-state index in [4.69, 9.17) is 9.15 Å². The van der Waals surface area contributed by atoms with Gasteiger partial charge in [0.15, 0.2) is 0 Å². The lowest BCUT2D eigenvalue weighted by Crippen LogP contribution is -2.11. The molecule has 0 aliphatic carbocycles. The van der Waals surface area contributed by atoms with E-state index >= 15 is 0 Å². The third-order valence-corrected chi connectivity index (χ3v) is 3.11. The van der Waals surface area contributed by atoms with Crippen LogP contribution in [0.2, 0.25) is 0 Å². The van der Waals surface area contributed by atoms with Gasteiger partial charge in [0.2, 0.25) is 5.89 Å². The highest BCUT2D eigenvalue weighted by Gasteiger charge is 2.17. The fourth-order valence-electron chi connectivity index (χ4n) is 1.91. The molecule has 0 aliphatic heterocycles. The summed E-state index contributed by atoms with van der Waals surface area (Å²) in [6, 6.07) is 6.42. The molecule has 0 N–H and O–H groups in total. The minimum atomic E-state index is 0.109. The second-order valence-electron chi connectivity index (χ2n) is 5.70. The third-order valence-electron chi connectivity index (χ3n) is 3.11. The van der Waals surface area contributed by atoms with Gasteiger partial charge in [0, 0.05) is 5.56 Å². The van der Waals surface area contributed by atoms with Crippen LogP contribution >= 0.6 is 0 Å². The number of oxazole rings is 1. The Balaban J connectivity index is 2.42. The molecule has 1 aromatic carbocycles. The molecule has 0 unspecified atom stereocenters. The molecule has 3 nitrogen and oxygen atoms in total. The van der Waals surface area contributed by atoms with Crippen LogP contribution in [0, 0.1) is 6.92 Å². The molecule has 0 bridgehead atoms. The van der Waals surface area contributed by atoms with Crippen LogP contribution in [0.5, 0.6) is 5.95 Å². The van der Waals surface area contributed by atoms with Gasteiger partial charge in [-0.25, -0.2) is 4.98 Å². The van der Waals surface area contributed by atoms with Gasteiger partial charge in [-0.3, -0.25) is 0 Å². The Kier molecular flexibility index (Phi) is 3.65. The molecule has 2 rings (SSSR count). The van der Waals surface area contributed by atoms with Gasteiger partial charge in [-0.2, -0.15) is 0 Å². The first kappa shape index (κ1) is 13.7. The Morgan fingerprint density at radius 2 is 2.00 bits per heavy atom. The molecule has 1 aromatic heterocycles. The zero-order chi connectivity index (χ0) is 14.0. The molecule has 0 amide bonds. The number of aryl methyl sites for hydroxylation is 1. The predicted molar refractivity (Wildman–Crippen MR) is 76.5 cm³/mol. The van der Waals surface area contributed by atoms with Crippen molar-refractivity contribution in [2.75, 3.05) is 6.61 Å². The summed E-state index contributed by atoms with van der Waals surface area (Å²) in [6.07, 6.45) is 1.63. The van der Waals surface area contributed by atoms with Gasteiger partial charge in [-0.15, -0.1) is 0 Å². The van der Waals surface area contributed by atoms with Crippen LogP contribution in [0.4, 0.5) is 0 Å². The fraction of sp³-hybridized carbons (Fsp3) is 0.438. The lowest BCUT2D eigenvalue weighted by Gasteiger charge is -2.20. The van der Waals surface area contributed by atoms with E-state index in [0.29, 0.717) is 18.4 Å². The molecule has 0 fully saturated rings. The molecule has 19 heavy (non-hydrogen) atoms. The van der Waals surface area contributed by atoms with Gasteiger partial charge in [-0.05, 0) is 36.5 Å². The molecule has 1 heterocycles. The van der Waals surface area contributed by atoms with Crippen molar-refractivity contribution in [3.8, 4) is 17.4 Å². The van der Waals surface area contributed by atoms with Gasteiger partial charge < -0.3 is 9.15 Å². The van der Waals surface area contributed by atoms with Crippen LogP contribution in [0.15, 0.2) is 28.8 Å². The molecule has 3 heteroatoms. The first-order chi connectivity index (χ1) is 8.91. The summed E-state index contributed by atoms with van der Waals surface area (Å²) in [4.78, 5) is 4.30. The molecule has 0 atom stereocenters. The highest BCUT2D eigenvalue weighted by Crippen LogP contribution is 2.31. The topological polar surface area (TPSA) is 35.3 Å². The zero-order valence-electron chi connectivity index (χ0n) is 12.3. The Bertz CT molecular complexity index is 564. The summed E-state index contributed by atoms with van der Waals surface area (Å²) < 4.78 is 10.9. The third kappa shape index (κ3) is 2.98. The molecule has 102 valence electrons. The standard InChI is InChI=1S/C16H21NO2/c1-6-18-14-10-17-15(19-14)13-9-12(16(3,4)5)8-7-11(13)2/h7-10H,6H2,1-5H3. The second kappa shape index (κ2) is 5.08. The number of ether oxygens (including phenoxy) is 1. The van der Waals surface area contributed by atoms with E-state index in [1.807, 2.05) is 6.92 Å². The minimum absolute atomic E-state index is 0.109. The van der Waals surface area contributed by atoms with E-state index < -0.39 is 0 Å². The minimum Gasteiger partial charge on any atom is -0.464 e. The summed E-state index contributed by atoms with van der Waals surface area (Å²) in [5, 5.41) is 0. The van der Waals surface area contributed by atoms with Crippen LogP contribution < -0.4 is 4.74 Å². The molecule has 0 spiro atoms. The smallest absolute Gasteiger partial charge is 0.305 e. The average Bonchev–Trinajstić information content (AvgIpc) is 2.77. The zero-order valence-corrected chi connectivity index (χ0v) is 12.3. The van der Waals surface area contributed by atoms with Crippen molar-refractivity contribution in [3.63, 3.8) is 0 Å². The van der Waals surface area contributed by atoms with Gasteiger partial charge in [-0.1, -0.05) is 32.9 Å². The van der Waals surface area contributed by atoms with Gasteiger partial charge >= 0.3 is 5.95 Å². The number of hydrogen-bond donors (Lipinski definition) is 0. The van der Waals surface area contributed by atoms with Crippen molar-refractivity contribution in [2.24, 2.45) is 0 Å². The Hall–Kier alpha value is -1.77. The number of nitrogens with zero attached hydrogens (tertiary/aromatic N) is 1. The van der Waals surface area contributed by atoms with E-state index in [0.717, 1.165) is 11.1 Å². The summed E-state index contributed by atoms with van der Waals surface area (Å²) >= 11 is 0. The number of benzene rings is 1. The lowest BCUT2D eigenvalue weighted by molar-refractivity contribution is 0.260. The molecule has 2 aromatic rings. The molecule has 0 saturated carbocycles. The van der Waals surface area contributed by atoms with Crippen molar-refractivity contribution in [2.45, 2.75) is 40.0 Å². The number of hydrogen-bond acceptors (Lipinski definition) is 3. The van der Waals surface area contributed by atoms with Crippen molar-refractivity contribution in [1.29, 1.82) is 0 Å². The summed E-state index contributed by atoms with van der Waals surface area (Å²) in [5.74, 6) is 1.09. The second-order valence-corrected chi connectivity index (χ2v) is 5.70. The van der Waals surface area contributed by atoms with Crippen molar-refractivity contribution >= 4 is 0 Å². The molecular formula is C16H21NO2. The average molecular weight is 259 g/mol. The van der Waals surface area contributed by atoms with Crippen molar-refractivity contribution in [1.82, 2.24) is 4.98 Å². The number of rotatable bonds is 3. The van der Waals surface area contributed by atoms with E-state index in [-0.39, 0.29) is 5.41 Å². The Morgan fingerprint density at radius 1 is 1.26 bits per heavy atom. The van der Waals surface area contributed by atoms with E-state index in [9.17, 15) is 0 Å². The maximum atomic E-state index is 5.63. The van der Waals surface area contributed by atoms with Crippen LogP contribution in [-0.2, 0) is 5.41 Å². The van der Waals surface area contributed by atoms with Gasteiger partial charge in [0.05, 0.1) is 6.61 Å². The number of aromatic nitrogens is 1. The highest BCUT2D eigenvalue weighted by molar-refractivity contribution is 5.60. The van der Waals surface area contributed by atoms with Gasteiger partial charge in [0.1, 0.15) is 6.20 Å². The van der Waals surface area contributed by atoms with Crippen LogP contribution in [0.1, 0.15) is 38.8 Å². The maximum Gasteiger partial charge on any atom is 0.305 e. The molecule has 0 saturated heterocycles. The SMILES string of the molecule is CCOc1cnc(-c2cc(C(C)(C)C)ccc2C)o1. The van der Waals surface area contributed by atoms with Crippen LogP contribution in [0.3, 0.4) is 0 Å². The van der Waals surface area contributed by atoms with Gasteiger partial charge in [0.25, 0.3) is 0 Å². The lowest BCUT2D eigenvalue weighted by atomic mass is 9.85. The normalized spacial score (nSPS) is 11.6. The molecule has 0 aliphatic rings. The summed E-state index contributed by atoms with van der Waals surface area (Å²) in [7, 11) is 0. The van der Waals surface area contributed by atoms with E-state index in [1.54, 1.807) is 6.20 Å². The molecular weight excluding hydrogens is 238 g/mol. The first-order valence-electron chi connectivity index (χ1n) is 6.62. The van der Waals surface area contributed by atoms with Crippen LogP contribution in [0.25, 0.3) is 11.5 Å². The van der Waals surface area contributed by atoms with E-state index in [2.05, 4.69) is 50.9 Å². The Morgan fingerprint density at radius 3 is 2.63 bits per heavy atom. The monoisotopic (exact) mass is 259 g/mol. The maximum absolute atomic E-state index is 5.63. The van der Waals surface area contributed by atoms with Crippen LogP contribution in [-0.4, -0.2) is 11.6 Å². The quantitative estimate of drug-likeness (QED) is 0.822. The van der Waals surface area contributed by atoms with Crippen molar-refractivity contribution < 1.29 is 9.15 Å². The largest absolute Gasteiger partial charge is 0.464 e. The molecule has 0 radical (unpaired) electrons. The predicted octanol–water partition coefficient (Wildman–Crippen LogP) is 4.35. The Labute approximate surface area is 114 Å². The van der Waals surface area contributed by atoms with Crippen molar-refractivity contribution in [3.05, 3.63) is 35.5 Å². The highest BCUT2D eigenvalue weighted by atomic mass is 16.6. The summed E-state index contributed by atoms with van der Waals surface area (Å²) in [6.45, 7) is 11.2. The van der Waals surface area contributed by atoms with E-state index in [1.165, 1.54) is 5.56 Å². The summed E-state index contributed by atoms with van der Waals surface area (Å²) in [5.41, 5.74) is 3.55. The fourth-order valence-corrected chi connectivity index (χ4v) is 1.91. The first-order valence-corrected chi connectivity index (χ1v) is 6.62.